The van der Waals surface area contributed by atoms with Gasteiger partial charge in [-0.3, -0.25) is 4.90 Å². The van der Waals surface area contributed by atoms with Crippen molar-refractivity contribution in [3.63, 3.8) is 0 Å². The van der Waals surface area contributed by atoms with Crippen molar-refractivity contribution < 1.29 is 0 Å². The Morgan fingerprint density at radius 2 is 1.79 bits per heavy atom. The molecule has 1 aliphatic carbocycles. The largest absolute Gasteiger partial charge is 0.326 e. The molecule has 2 rings (SSSR count). The fraction of sp³-hybridized carbons (Fsp3) is 0.625. The molecule has 3 atom stereocenters. The van der Waals surface area contributed by atoms with Crippen molar-refractivity contribution in [1.82, 2.24) is 4.90 Å². The van der Waals surface area contributed by atoms with Crippen LogP contribution < -0.4 is 5.73 Å². The van der Waals surface area contributed by atoms with Gasteiger partial charge in [-0.05, 0) is 44.5 Å². The van der Waals surface area contributed by atoms with Gasteiger partial charge in [-0.1, -0.05) is 43.0 Å². The van der Waals surface area contributed by atoms with Crippen molar-refractivity contribution in [3.8, 4) is 0 Å². The molecular formula is C16H25ClN2. The third-order valence-corrected chi connectivity index (χ3v) is 4.77. The molecule has 0 bridgehead atoms. The second-order valence-corrected chi connectivity index (χ2v) is 6.20. The summed E-state index contributed by atoms with van der Waals surface area (Å²) < 4.78 is 0. The van der Waals surface area contributed by atoms with Crippen LogP contribution >= 0.6 is 11.6 Å². The van der Waals surface area contributed by atoms with Crippen LogP contribution in [-0.4, -0.2) is 24.0 Å². The summed E-state index contributed by atoms with van der Waals surface area (Å²) in [6.07, 6.45) is 6.28. The molecule has 1 aromatic carbocycles. The topological polar surface area (TPSA) is 29.3 Å². The van der Waals surface area contributed by atoms with Gasteiger partial charge in [0.25, 0.3) is 0 Å². The van der Waals surface area contributed by atoms with Crippen LogP contribution in [0, 0.1) is 0 Å². The first kappa shape index (κ1) is 14.8. The fourth-order valence-electron chi connectivity index (χ4n) is 3.09. The van der Waals surface area contributed by atoms with E-state index >= 15 is 0 Å². The SMILES string of the molecule is CC(c1ccc(Cl)cc1)N(C)C1CCCCCC1N. The number of hydrogen-bond acceptors (Lipinski definition) is 2. The third-order valence-electron chi connectivity index (χ3n) is 4.52. The number of benzene rings is 1. The van der Waals surface area contributed by atoms with Gasteiger partial charge in [0.2, 0.25) is 0 Å². The normalized spacial score (nSPS) is 26.2. The molecule has 1 aliphatic rings. The van der Waals surface area contributed by atoms with Crippen LogP contribution in [0.2, 0.25) is 5.02 Å². The average Bonchev–Trinajstić information content (AvgIpc) is 2.63. The summed E-state index contributed by atoms with van der Waals surface area (Å²) in [5, 5.41) is 0.796. The molecule has 0 spiro atoms. The molecule has 0 amide bonds. The van der Waals surface area contributed by atoms with Crippen LogP contribution in [0.5, 0.6) is 0 Å². The second-order valence-electron chi connectivity index (χ2n) is 5.76. The lowest BCUT2D eigenvalue weighted by atomic mass is 9.98. The summed E-state index contributed by atoms with van der Waals surface area (Å²) in [6.45, 7) is 2.25. The summed E-state index contributed by atoms with van der Waals surface area (Å²) in [4.78, 5) is 2.44. The van der Waals surface area contributed by atoms with E-state index in [0.29, 0.717) is 18.1 Å². The van der Waals surface area contributed by atoms with E-state index < -0.39 is 0 Å². The van der Waals surface area contributed by atoms with E-state index in [9.17, 15) is 0 Å². The number of nitrogens with zero attached hydrogens (tertiary/aromatic N) is 1. The molecule has 3 heteroatoms. The van der Waals surface area contributed by atoms with E-state index in [-0.39, 0.29) is 0 Å². The molecule has 0 heterocycles. The highest BCUT2D eigenvalue weighted by Gasteiger charge is 2.27. The summed E-state index contributed by atoms with van der Waals surface area (Å²) in [6, 6.07) is 9.35. The Balaban J connectivity index is 2.08. The molecule has 19 heavy (non-hydrogen) atoms. The Bertz CT molecular complexity index is 390. The smallest absolute Gasteiger partial charge is 0.0406 e. The monoisotopic (exact) mass is 280 g/mol. The molecule has 0 saturated heterocycles. The minimum Gasteiger partial charge on any atom is -0.326 e. The molecule has 1 saturated carbocycles. The zero-order valence-corrected chi connectivity index (χ0v) is 12.7. The lowest BCUT2D eigenvalue weighted by Gasteiger charge is -2.36. The van der Waals surface area contributed by atoms with E-state index in [2.05, 4.69) is 31.0 Å². The lowest BCUT2D eigenvalue weighted by molar-refractivity contribution is 0.152. The van der Waals surface area contributed by atoms with Crippen molar-refractivity contribution in [2.24, 2.45) is 5.73 Å². The van der Waals surface area contributed by atoms with Crippen molar-refractivity contribution >= 4 is 11.6 Å². The van der Waals surface area contributed by atoms with Crippen molar-refractivity contribution in [1.29, 1.82) is 0 Å². The highest BCUT2D eigenvalue weighted by molar-refractivity contribution is 6.30. The van der Waals surface area contributed by atoms with E-state index in [1.165, 1.54) is 31.2 Å². The molecule has 1 fully saturated rings. The summed E-state index contributed by atoms with van der Waals surface area (Å²) in [5.74, 6) is 0. The van der Waals surface area contributed by atoms with Gasteiger partial charge in [0.15, 0.2) is 0 Å². The Hall–Kier alpha value is -0.570. The Labute approximate surface area is 121 Å². The number of likely N-dealkylation sites (N-methyl/N-ethyl adjacent to an activating group) is 1. The predicted octanol–water partition coefficient (Wildman–Crippen LogP) is 3.99. The first-order chi connectivity index (χ1) is 9.09. The van der Waals surface area contributed by atoms with Crippen LogP contribution in [0.15, 0.2) is 24.3 Å². The molecule has 0 radical (unpaired) electrons. The van der Waals surface area contributed by atoms with Gasteiger partial charge < -0.3 is 5.73 Å². The molecule has 3 unspecified atom stereocenters. The Morgan fingerprint density at radius 3 is 2.47 bits per heavy atom. The van der Waals surface area contributed by atoms with Crippen LogP contribution in [0.1, 0.15) is 50.6 Å². The maximum atomic E-state index is 6.36. The van der Waals surface area contributed by atoms with E-state index in [4.69, 9.17) is 17.3 Å². The molecule has 0 aliphatic heterocycles. The summed E-state index contributed by atoms with van der Waals surface area (Å²) in [7, 11) is 2.20. The van der Waals surface area contributed by atoms with Crippen molar-refractivity contribution in [3.05, 3.63) is 34.9 Å². The second kappa shape index (κ2) is 6.74. The summed E-state index contributed by atoms with van der Waals surface area (Å²) >= 11 is 5.96. The number of halogens is 1. The molecule has 0 aromatic heterocycles. The highest BCUT2D eigenvalue weighted by atomic mass is 35.5. The van der Waals surface area contributed by atoms with Crippen molar-refractivity contribution in [2.45, 2.75) is 57.2 Å². The van der Waals surface area contributed by atoms with Crippen LogP contribution in [0.3, 0.4) is 0 Å². The molecular weight excluding hydrogens is 256 g/mol. The molecule has 2 N–H and O–H groups in total. The van der Waals surface area contributed by atoms with Gasteiger partial charge in [0.05, 0.1) is 0 Å². The third kappa shape index (κ3) is 3.71. The zero-order valence-electron chi connectivity index (χ0n) is 12.0. The number of hydrogen-bond donors (Lipinski definition) is 1. The van der Waals surface area contributed by atoms with Crippen molar-refractivity contribution in [2.75, 3.05) is 7.05 Å². The Morgan fingerprint density at radius 1 is 1.16 bits per heavy atom. The zero-order chi connectivity index (χ0) is 13.8. The number of nitrogens with two attached hydrogens (primary N) is 1. The maximum absolute atomic E-state index is 6.36. The van der Waals surface area contributed by atoms with Crippen LogP contribution in [-0.2, 0) is 0 Å². The lowest BCUT2D eigenvalue weighted by Crippen LogP contribution is -2.46. The van der Waals surface area contributed by atoms with Gasteiger partial charge >= 0.3 is 0 Å². The molecule has 106 valence electrons. The van der Waals surface area contributed by atoms with Gasteiger partial charge in [-0.25, -0.2) is 0 Å². The Kier molecular flexibility index (Phi) is 5.26. The van der Waals surface area contributed by atoms with Crippen LogP contribution in [0.25, 0.3) is 0 Å². The van der Waals surface area contributed by atoms with E-state index in [1.807, 2.05) is 12.1 Å². The standard InChI is InChI=1S/C16H25ClN2/c1-12(13-8-10-14(17)11-9-13)19(2)16-7-5-3-4-6-15(16)18/h8-12,15-16H,3-7,18H2,1-2H3. The maximum Gasteiger partial charge on any atom is 0.0406 e. The predicted molar refractivity (Wildman–Crippen MR) is 82.5 cm³/mol. The minimum absolute atomic E-state index is 0.308. The van der Waals surface area contributed by atoms with Gasteiger partial charge in [-0.2, -0.15) is 0 Å². The van der Waals surface area contributed by atoms with Crippen LogP contribution in [0.4, 0.5) is 0 Å². The number of rotatable bonds is 3. The quantitative estimate of drug-likeness (QED) is 0.848. The van der Waals surface area contributed by atoms with E-state index in [1.54, 1.807) is 0 Å². The first-order valence-corrected chi connectivity index (χ1v) is 7.70. The average molecular weight is 281 g/mol. The van der Waals surface area contributed by atoms with Gasteiger partial charge in [0.1, 0.15) is 0 Å². The highest BCUT2D eigenvalue weighted by Crippen LogP contribution is 2.28. The minimum atomic E-state index is 0.308. The molecule has 2 nitrogen and oxygen atoms in total. The first-order valence-electron chi connectivity index (χ1n) is 7.32. The summed E-state index contributed by atoms with van der Waals surface area (Å²) in [5.41, 5.74) is 7.67. The fourth-order valence-corrected chi connectivity index (χ4v) is 3.21. The van der Waals surface area contributed by atoms with Gasteiger partial charge in [0, 0.05) is 23.1 Å². The molecule has 1 aromatic rings. The van der Waals surface area contributed by atoms with Gasteiger partial charge in [-0.15, -0.1) is 0 Å². The van der Waals surface area contributed by atoms with E-state index in [0.717, 1.165) is 11.4 Å².